The molecular weight excluding hydrogens is 194 g/mol. The van der Waals surface area contributed by atoms with Crippen molar-refractivity contribution in [2.24, 2.45) is 0 Å². The highest BCUT2D eigenvalue weighted by Crippen LogP contribution is 2.08. The third-order valence-corrected chi connectivity index (χ3v) is 1.65. The lowest BCUT2D eigenvalue weighted by molar-refractivity contribution is -0.135. The maximum absolute atomic E-state index is 10.2. The number of carbonyl (C=O) groups is 1. The molecule has 0 aliphatic carbocycles. The molecule has 1 aromatic rings. The third kappa shape index (κ3) is 4.26. The van der Waals surface area contributed by atoms with Gasteiger partial charge in [0.05, 0.1) is 13.0 Å². The fraction of sp³-hybridized carbons (Fsp3) is 0.273. The van der Waals surface area contributed by atoms with E-state index in [2.05, 4.69) is 4.98 Å². The molecule has 4 nitrogen and oxygen atoms in total. The fourth-order valence-electron chi connectivity index (χ4n) is 1.02. The van der Waals surface area contributed by atoms with Gasteiger partial charge in [0.25, 0.3) is 0 Å². The second-order valence-corrected chi connectivity index (χ2v) is 2.86. The van der Waals surface area contributed by atoms with Crippen LogP contribution in [-0.2, 0) is 4.79 Å². The first-order valence-electron chi connectivity index (χ1n) is 4.69. The maximum atomic E-state index is 10.2. The van der Waals surface area contributed by atoms with Crippen molar-refractivity contribution in [2.45, 2.75) is 13.3 Å². The predicted octanol–water partition coefficient (Wildman–Crippen LogP) is 1.97. The van der Waals surface area contributed by atoms with Crippen molar-refractivity contribution in [3.8, 4) is 5.88 Å². The smallest absolute Gasteiger partial charge is 0.307 e. The Morgan fingerprint density at radius 1 is 1.60 bits per heavy atom. The standard InChI is InChI=1S/C11H13NO3/c1-2-15-10-7-6-9(8-12-10)4-3-5-11(13)14/h3-4,6-8H,2,5H2,1H3,(H,13,14). The van der Waals surface area contributed by atoms with Crippen molar-refractivity contribution >= 4 is 12.0 Å². The molecule has 0 saturated heterocycles. The number of nitrogens with zero attached hydrogens (tertiary/aromatic N) is 1. The average molecular weight is 207 g/mol. The largest absolute Gasteiger partial charge is 0.481 e. The normalized spacial score (nSPS) is 10.5. The van der Waals surface area contributed by atoms with Crippen LogP contribution >= 0.6 is 0 Å². The van der Waals surface area contributed by atoms with E-state index in [0.29, 0.717) is 12.5 Å². The summed E-state index contributed by atoms with van der Waals surface area (Å²) in [6.07, 6.45) is 4.97. The van der Waals surface area contributed by atoms with Crippen LogP contribution in [0.3, 0.4) is 0 Å². The molecule has 0 unspecified atom stereocenters. The summed E-state index contributed by atoms with van der Waals surface area (Å²) >= 11 is 0. The molecule has 1 aromatic heterocycles. The Bertz CT molecular complexity index is 343. The Hall–Kier alpha value is -1.84. The molecule has 0 amide bonds. The van der Waals surface area contributed by atoms with Gasteiger partial charge in [-0.2, -0.15) is 0 Å². The maximum Gasteiger partial charge on any atom is 0.307 e. The zero-order valence-corrected chi connectivity index (χ0v) is 8.51. The number of ether oxygens (including phenoxy) is 1. The van der Waals surface area contributed by atoms with Crippen molar-refractivity contribution < 1.29 is 14.6 Å². The van der Waals surface area contributed by atoms with Crippen LogP contribution in [0.25, 0.3) is 6.08 Å². The summed E-state index contributed by atoms with van der Waals surface area (Å²) in [4.78, 5) is 14.3. The van der Waals surface area contributed by atoms with E-state index in [4.69, 9.17) is 9.84 Å². The molecule has 1 rings (SSSR count). The molecule has 0 atom stereocenters. The SMILES string of the molecule is CCOc1ccc(C=CCC(=O)O)cn1. The Morgan fingerprint density at radius 3 is 2.93 bits per heavy atom. The highest BCUT2D eigenvalue weighted by atomic mass is 16.5. The molecule has 0 aliphatic heterocycles. The minimum absolute atomic E-state index is 0.0210. The van der Waals surface area contributed by atoms with Crippen LogP contribution in [0, 0.1) is 0 Å². The van der Waals surface area contributed by atoms with Crippen LogP contribution in [0.4, 0.5) is 0 Å². The minimum Gasteiger partial charge on any atom is -0.481 e. The fourth-order valence-corrected chi connectivity index (χ4v) is 1.02. The molecule has 0 spiro atoms. The Morgan fingerprint density at radius 2 is 2.40 bits per heavy atom. The van der Waals surface area contributed by atoms with Crippen LogP contribution in [-0.4, -0.2) is 22.7 Å². The summed E-state index contributed by atoms with van der Waals surface area (Å²) < 4.78 is 5.17. The predicted molar refractivity (Wildman–Crippen MR) is 56.7 cm³/mol. The summed E-state index contributed by atoms with van der Waals surface area (Å²) in [6.45, 7) is 2.48. The van der Waals surface area contributed by atoms with Crippen molar-refractivity contribution in [1.82, 2.24) is 4.98 Å². The monoisotopic (exact) mass is 207 g/mol. The van der Waals surface area contributed by atoms with Gasteiger partial charge >= 0.3 is 5.97 Å². The van der Waals surface area contributed by atoms with Crippen LogP contribution in [0.5, 0.6) is 5.88 Å². The van der Waals surface area contributed by atoms with Gasteiger partial charge in [0.15, 0.2) is 0 Å². The van der Waals surface area contributed by atoms with Gasteiger partial charge in [0, 0.05) is 12.3 Å². The van der Waals surface area contributed by atoms with E-state index in [-0.39, 0.29) is 6.42 Å². The van der Waals surface area contributed by atoms with Crippen LogP contribution in [0.1, 0.15) is 18.9 Å². The van der Waals surface area contributed by atoms with Crippen LogP contribution in [0.15, 0.2) is 24.4 Å². The van der Waals surface area contributed by atoms with E-state index in [1.807, 2.05) is 13.0 Å². The summed E-state index contributed by atoms with van der Waals surface area (Å²) in [5, 5.41) is 8.42. The number of rotatable bonds is 5. The molecule has 0 radical (unpaired) electrons. The van der Waals surface area contributed by atoms with Gasteiger partial charge in [-0.25, -0.2) is 4.98 Å². The molecule has 15 heavy (non-hydrogen) atoms. The van der Waals surface area contributed by atoms with E-state index < -0.39 is 5.97 Å². The number of carboxylic acids is 1. The van der Waals surface area contributed by atoms with Crippen molar-refractivity contribution in [3.05, 3.63) is 30.0 Å². The lowest BCUT2D eigenvalue weighted by Crippen LogP contribution is -1.93. The highest BCUT2D eigenvalue weighted by molar-refractivity contribution is 5.70. The topological polar surface area (TPSA) is 59.4 Å². The summed E-state index contributed by atoms with van der Waals surface area (Å²) in [7, 11) is 0. The first-order valence-corrected chi connectivity index (χ1v) is 4.69. The van der Waals surface area contributed by atoms with Crippen molar-refractivity contribution in [2.75, 3.05) is 6.61 Å². The van der Waals surface area contributed by atoms with Crippen molar-refractivity contribution in [3.63, 3.8) is 0 Å². The lowest BCUT2D eigenvalue weighted by atomic mass is 10.2. The number of pyridine rings is 1. The summed E-state index contributed by atoms with van der Waals surface area (Å²) in [5.74, 6) is -0.266. The van der Waals surface area contributed by atoms with E-state index in [9.17, 15) is 4.79 Å². The molecule has 0 bridgehead atoms. The molecule has 0 aliphatic rings. The van der Waals surface area contributed by atoms with Gasteiger partial charge in [-0.3, -0.25) is 4.79 Å². The molecule has 0 fully saturated rings. The Labute approximate surface area is 88.2 Å². The number of hydrogen-bond acceptors (Lipinski definition) is 3. The van der Waals surface area contributed by atoms with E-state index in [0.717, 1.165) is 5.56 Å². The van der Waals surface area contributed by atoms with Gasteiger partial charge in [-0.05, 0) is 18.6 Å². The van der Waals surface area contributed by atoms with E-state index >= 15 is 0 Å². The second kappa shape index (κ2) is 5.80. The quantitative estimate of drug-likeness (QED) is 0.801. The minimum atomic E-state index is -0.842. The molecule has 0 aromatic carbocycles. The number of carboxylic acid groups (broad SMARTS) is 1. The lowest BCUT2D eigenvalue weighted by Gasteiger charge is -2.00. The zero-order valence-electron chi connectivity index (χ0n) is 8.51. The molecular formula is C11H13NO3. The van der Waals surface area contributed by atoms with Gasteiger partial charge in [0.1, 0.15) is 0 Å². The summed E-state index contributed by atoms with van der Waals surface area (Å²) in [6, 6.07) is 3.58. The van der Waals surface area contributed by atoms with E-state index in [1.165, 1.54) is 0 Å². The van der Waals surface area contributed by atoms with Gasteiger partial charge in [0.2, 0.25) is 5.88 Å². The number of aromatic nitrogens is 1. The first kappa shape index (κ1) is 11.2. The van der Waals surface area contributed by atoms with E-state index in [1.54, 1.807) is 24.4 Å². The zero-order chi connectivity index (χ0) is 11.1. The second-order valence-electron chi connectivity index (χ2n) is 2.86. The van der Waals surface area contributed by atoms with Gasteiger partial charge < -0.3 is 9.84 Å². The Kier molecular flexibility index (Phi) is 4.34. The number of hydrogen-bond donors (Lipinski definition) is 1. The van der Waals surface area contributed by atoms with Crippen LogP contribution < -0.4 is 4.74 Å². The summed E-state index contributed by atoms with van der Waals surface area (Å²) in [5.41, 5.74) is 0.861. The Balaban J connectivity index is 2.56. The molecule has 0 saturated carbocycles. The molecule has 4 heteroatoms. The highest BCUT2D eigenvalue weighted by Gasteiger charge is 1.93. The average Bonchev–Trinajstić information content (AvgIpc) is 2.20. The van der Waals surface area contributed by atoms with Gasteiger partial charge in [-0.1, -0.05) is 12.2 Å². The van der Waals surface area contributed by atoms with Gasteiger partial charge in [-0.15, -0.1) is 0 Å². The molecule has 1 N–H and O–H groups in total. The third-order valence-electron chi connectivity index (χ3n) is 1.65. The molecule has 80 valence electrons. The number of aliphatic carboxylic acids is 1. The van der Waals surface area contributed by atoms with Crippen molar-refractivity contribution in [1.29, 1.82) is 0 Å². The van der Waals surface area contributed by atoms with Crippen LogP contribution in [0.2, 0.25) is 0 Å². The first-order chi connectivity index (χ1) is 7.22. The molecule has 1 heterocycles.